The predicted octanol–water partition coefficient (Wildman–Crippen LogP) is 4.12. The first-order valence-corrected chi connectivity index (χ1v) is 11.0. The predicted molar refractivity (Wildman–Crippen MR) is 113 cm³/mol. The maximum Gasteiger partial charge on any atom is 0.263 e. The highest BCUT2D eigenvalue weighted by atomic mass is 32.1. The molecular weight excluding hydrogens is 368 g/mol. The fourth-order valence-corrected chi connectivity index (χ4v) is 5.54. The molecule has 4 nitrogen and oxygen atoms in total. The van der Waals surface area contributed by atoms with Crippen molar-refractivity contribution in [2.75, 3.05) is 32.7 Å². The average Bonchev–Trinajstić information content (AvgIpc) is 3.35. The van der Waals surface area contributed by atoms with Gasteiger partial charge in [-0.3, -0.25) is 9.59 Å². The van der Waals surface area contributed by atoms with Crippen LogP contribution in [0.3, 0.4) is 0 Å². The number of ketones is 1. The Bertz CT molecular complexity index is 847. The van der Waals surface area contributed by atoms with Gasteiger partial charge < -0.3 is 9.80 Å². The van der Waals surface area contributed by atoms with Crippen molar-refractivity contribution in [3.63, 3.8) is 0 Å². The Morgan fingerprint density at radius 2 is 1.79 bits per heavy atom. The number of hydrogen-bond acceptors (Lipinski definition) is 4. The zero-order chi connectivity index (χ0) is 19.6. The summed E-state index contributed by atoms with van der Waals surface area (Å²) in [6.07, 6.45) is 4.60. The molecule has 148 valence electrons. The Balaban J connectivity index is 1.36. The molecule has 1 spiro atoms. The van der Waals surface area contributed by atoms with Crippen molar-refractivity contribution in [1.29, 1.82) is 0 Å². The summed E-state index contributed by atoms with van der Waals surface area (Å²) in [5, 5.41) is 0. The first-order chi connectivity index (χ1) is 13.5. The van der Waals surface area contributed by atoms with E-state index in [0.717, 1.165) is 45.6 Å². The number of benzene rings is 1. The smallest absolute Gasteiger partial charge is 0.263 e. The van der Waals surface area contributed by atoms with Gasteiger partial charge in [0.15, 0.2) is 5.78 Å². The molecule has 1 unspecified atom stereocenters. The van der Waals surface area contributed by atoms with Crippen LogP contribution < -0.4 is 0 Å². The molecule has 4 rings (SSSR count). The van der Waals surface area contributed by atoms with Crippen LogP contribution in [0, 0.1) is 5.41 Å². The number of Topliss-reactive ketones (excluding diaryl/α,β-unsaturated/α-hetero) is 1. The largest absolute Gasteiger partial charge is 0.337 e. The lowest BCUT2D eigenvalue weighted by Crippen LogP contribution is -2.45. The van der Waals surface area contributed by atoms with Crippen molar-refractivity contribution in [3.05, 3.63) is 57.8 Å². The van der Waals surface area contributed by atoms with Gasteiger partial charge in [0.05, 0.1) is 9.75 Å². The van der Waals surface area contributed by atoms with E-state index in [9.17, 15) is 9.59 Å². The van der Waals surface area contributed by atoms with Crippen LogP contribution in [0.4, 0.5) is 0 Å². The second-order valence-electron chi connectivity index (χ2n) is 8.31. The molecule has 0 saturated carbocycles. The van der Waals surface area contributed by atoms with Crippen molar-refractivity contribution in [2.45, 2.75) is 32.6 Å². The first kappa shape index (κ1) is 19.3. The molecule has 1 atom stereocenters. The highest BCUT2D eigenvalue weighted by Crippen LogP contribution is 2.39. The fourth-order valence-electron chi connectivity index (χ4n) is 4.67. The van der Waals surface area contributed by atoms with Crippen LogP contribution in [0.5, 0.6) is 0 Å². The van der Waals surface area contributed by atoms with Gasteiger partial charge in [0.25, 0.3) is 5.91 Å². The Kier molecular flexibility index (Phi) is 5.65. The molecule has 1 aromatic heterocycles. The van der Waals surface area contributed by atoms with Gasteiger partial charge >= 0.3 is 0 Å². The molecule has 0 aliphatic carbocycles. The Hall–Kier alpha value is -1.98. The van der Waals surface area contributed by atoms with Crippen LogP contribution >= 0.6 is 11.3 Å². The summed E-state index contributed by atoms with van der Waals surface area (Å²) < 4.78 is 0. The molecule has 1 aromatic carbocycles. The quantitative estimate of drug-likeness (QED) is 0.714. The van der Waals surface area contributed by atoms with Crippen molar-refractivity contribution in [3.8, 4) is 0 Å². The number of rotatable bonds is 5. The van der Waals surface area contributed by atoms with Crippen molar-refractivity contribution in [1.82, 2.24) is 9.80 Å². The number of hydrogen-bond donors (Lipinski definition) is 0. The highest BCUT2D eigenvalue weighted by Gasteiger charge is 2.42. The van der Waals surface area contributed by atoms with Crippen LogP contribution in [-0.4, -0.2) is 54.2 Å². The van der Waals surface area contributed by atoms with Crippen molar-refractivity contribution >= 4 is 23.0 Å². The van der Waals surface area contributed by atoms with Gasteiger partial charge in [0, 0.05) is 31.6 Å². The average molecular weight is 397 g/mol. The zero-order valence-electron chi connectivity index (χ0n) is 16.5. The third-order valence-corrected chi connectivity index (χ3v) is 7.36. The van der Waals surface area contributed by atoms with Gasteiger partial charge in [-0.1, -0.05) is 30.3 Å². The number of carbonyl (C=O) groups excluding carboxylic acids is 2. The molecule has 28 heavy (non-hydrogen) atoms. The van der Waals surface area contributed by atoms with E-state index in [1.807, 2.05) is 11.0 Å². The minimum absolute atomic E-state index is 0.0308. The molecule has 0 radical (unpaired) electrons. The highest BCUT2D eigenvalue weighted by molar-refractivity contribution is 7.15. The summed E-state index contributed by atoms with van der Waals surface area (Å²) in [6, 6.07) is 14.3. The van der Waals surface area contributed by atoms with Gasteiger partial charge in [-0.25, -0.2) is 0 Å². The van der Waals surface area contributed by atoms with E-state index in [-0.39, 0.29) is 17.1 Å². The van der Waals surface area contributed by atoms with E-state index in [1.54, 1.807) is 13.0 Å². The summed E-state index contributed by atoms with van der Waals surface area (Å²) in [5.74, 6) is 0.124. The number of nitrogens with zero attached hydrogens (tertiary/aromatic N) is 2. The van der Waals surface area contributed by atoms with E-state index in [2.05, 4.69) is 35.2 Å². The number of carbonyl (C=O) groups is 2. The molecule has 1 amide bonds. The summed E-state index contributed by atoms with van der Waals surface area (Å²) >= 11 is 1.33. The van der Waals surface area contributed by atoms with Gasteiger partial charge in [-0.15, -0.1) is 11.3 Å². The molecule has 3 heterocycles. The van der Waals surface area contributed by atoms with E-state index < -0.39 is 0 Å². The first-order valence-electron chi connectivity index (χ1n) is 10.2. The topological polar surface area (TPSA) is 40.6 Å². The zero-order valence-corrected chi connectivity index (χ0v) is 17.3. The van der Waals surface area contributed by atoms with Crippen LogP contribution in [0.2, 0.25) is 0 Å². The number of thiophene rings is 1. The third-order valence-electron chi connectivity index (χ3n) is 6.19. The van der Waals surface area contributed by atoms with Crippen molar-refractivity contribution < 1.29 is 9.59 Å². The second-order valence-corrected chi connectivity index (χ2v) is 9.40. The molecule has 2 saturated heterocycles. The number of amides is 1. The molecule has 0 bridgehead atoms. The normalized spacial score (nSPS) is 22.7. The van der Waals surface area contributed by atoms with Crippen LogP contribution in [-0.2, 0) is 6.42 Å². The monoisotopic (exact) mass is 396 g/mol. The van der Waals surface area contributed by atoms with E-state index in [0.29, 0.717) is 9.75 Å². The van der Waals surface area contributed by atoms with Gasteiger partial charge in [0.2, 0.25) is 0 Å². The van der Waals surface area contributed by atoms with Gasteiger partial charge in [-0.05, 0) is 56.8 Å². The molecule has 2 aromatic rings. The lowest BCUT2D eigenvalue weighted by Gasteiger charge is -2.40. The Labute approximate surface area is 171 Å². The maximum atomic E-state index is 12.9. The maximum absolute atomic E-state index is 12.9. The summed E-state index contributed by atoms with van der Waals surface area (Å²) in [7, 11) is 0. The molecule has 5 heteroatoms. The lowest BCUT2D eigenvalue weighted by molar-refractivity contribution is 0.0696. The molecule has 2 aliphatic heterocycles. The minimum Gasteiger partial charge on any atom is -0.337 e. The van der Waals surface area contributed by atoms with Crippen LogP contribution in [0.1, 0.15) is 51.1 Å². The van der Waals surface area contributed by atoms with E-state index in [1.165, 1.54) is 29.7 Å². The number of piperidine rings is 1. The lowest BCUT2D eigenvalue weighted by atomic mass is 9.79. The third kappa shape index (κ3) is 4.20. The molecule has 0 N–H and O–H groups in total. The van der Waals surface area contributed by atoms with Crippen LogP contribution in [0.25, 0.3) is 0 Å². The summed E-state index contributed by atoms with van der Waals surface area (Å²) in [4.78, 5) is 30.4. The molecule has 2 aliphatic rings. The summed E-state index contributed by atoms with van der Waals surface area (Å²) in [5.41, 5.74) is 1.63. The molecular formula is C23H28N2O2S. The fraction of sp³-hybridized carbons (Fsp3) is 0.478. The Morgan fingerprint density at radius 3 is 2.54 bits per heavy atom. The molecule has 2 fully saturated rings. The Morgan fingerprint density at radius 1 is 1.00 bits per heavy atom. The van der Waals surface area contributed by atoms with Gasteiger partial charge in [-0.2, -0.15) is 0 Å². The SMILES string of the molecule is CC(=O)c1ccc(C(=O)N2CCC3(CCCN(CCc4ccccc4)C3)C2)s1. The minimum atomic E-state index is 0.0308. The van der Waals surface area contributed by atoms with E-state index >= 15 is 0 Å². The number of likely N-dealkylation sites (tertiary alicyclic amines) is 2. The van der Waals surface area contributed by atoms with E-state index in [4.69, 9.17) is 0 Å². The van der Waals surface area contributed by atoms with Crippen molar-refractivity contribution in [2.24, 2.45) is 5.41 Å². The van der Waals surface area contributed by atoms with Crippen LogP contribution in [0.15, 0.2) is 42.5 Å². The standard InChI is InChI=1S/C23H28N2O2S/c1-18(26)20-8-9-21(28-20)22(27)25-15-12-23(17-25)11-5-13-24(16-23)14-10-19-6-3-2-4-7-19/h2-4,6-9H,5,10-17H2,1H3. The second kappa shape index (κ2) is 8.18. The summed E-state index contributed by atoms with van der Waals surface area (Å²) in [6.45, 7) is 6.57. The van der Waals surface area contributed by atoms with Gasteiger partial charge in [0.1, 0.15) is 0 Å².